The van der Waals surface area contributed by atoms with E-state index >= 15 is 0 Å². The minimum absolute atomic E-state index is 0.132. The summed E-state index contributed by atoms with van der Waals surface area (Å²) >= 11 is 12.4. The number of hydrogen-bond acceptors (Lipinski definition) is 6. The number of carbonyl (C=O) groups is 1. The fraction of sp³-hybridized carbons (Fsp3) is 0.154. The zero-order chi connectivity index (χ0) is 25.1. The van der Waals surface area contributed by atoms with Crippen LogP contribution in [0.1, 0.15) is 5.56 Å². The molecule has 1 amide bonds. The monoisotopic (exact) mass is 513 g/mol. The molecule has 180 valence electrons. The summed E-state index contributed by atoms with van der Waals surface area (Å²) in [5.41, 5.74) is 1.68. The van der Waals surface area contributed by atoms with E-state index in [1.54, 1.807) is 30.3 Å². The fourth-order valence-corrected chi connectivity index (χ4v) is 4.00. The summed E-state index contributed by atoms with van der Waals surface area (Å²) < 4.78 is 22.2. The number of rotatable bonds is 7. The van der Waals surface area contributed by atoms with Crippen LogP contribution in [0.15, 0.2) is 63.8 Å². The molecular weight excluding hydrogens is 493 g/mol. The zero-order valence-corrected chi connectivity index (χ0v) is 20.6. The van der Waals surface area contributed by atoms with E-state index < -0.39 is 17.9 Å². The summed E-state index contributed by atoms with van der Waals surface area (Å²) in [6, 6.07) is 15.2. The van der Waals surface area contributed by atoms with Crippen LogP contribution in [0.3, 0.4) is 0 Å². The summed E-state index contributed by atoms with van der Waals surface area (Å²) in [7, 11) is 3.00. The summed E-state index contributed by atoms with van der Waals surface area (Å²) in [5, 5.41) is 3.30. The van der Waals surface area contributed by atoms with Crippen molar-refractivity contribution in [2.45, 2.75) is 6.92 Å². The molecular formula is C26H21Cl2NO6. The highest BCUT2D eigenvalue weighted by Crippen LogP contribution is 2.35. The number of hydrogen-bond donors (Lipinski definition) is 1. The number of nitrogens with one attached hydrogen (secondary N) is 1. The number of aryl methyl sites for hydroxylation is 1. The number of carbonyl (C=O) groups excluding carboxylic acids is 1. The fourth-order valence-electron chi connectivity index (χ4n) is 3.47. The van der Waals surface area contributed by atoms with Crippen molar-refractivity contribution < 1.29 is 23.4 Å². The van der Waals surface area contributed by atoms with Crippen molar-refractivity contribution in [3.8, 4) is 28.6 Å². The molecule has 1 heterocycles. The number of halogens is 2. The lowest BCUT2D eigenvalue weighted by Crippen LogP contribution is -2.23. The minimum Gasteiger partial charge on any atom is -0.497 e. The van der Waals surface area contributed by atoms with Crippen LogP contribution in [-0.4, -0.2) is 26.7 Å². The lowest BCUT2D eigenvalue weighted by atomic mass is 10.1. The van der Waals surface area contributed by atoms with Gasteiger partial charge in [-0.15, -0.1) is 0 Å². The SMILES string of the molecule is COc1ccc(OC)c(NC(=O)COc2c(-c3ccc(C)cc3)oc3c(Cl)cc(Cl)cc3c2=O)c1. The van der Waals surface area contributed by atoms with Gasteiger partial charge in [-0.25, -0.2) is 0 Å². The van der Waals surface area contributed by atoms with Crippen LogP contribution in [0.25, 0.3) is 22.3 Å². The van der Waals surface area contributed by atoms with Crippen molar-refractivity contribution >= 4 is 45.8 Å². The average molecular weight is 514 g/mol. The molecule has 1 N–H and O–H groups in total. The standard InChI is InChI=1S/C26H21Cl2NO6/c1-14-4-6-15(7-5-14)24-26(23(31)18-10-16(27)11-19(28)25(18)35-24)34-13-22(30)29-20-12-17(32-2)8-9-21(20)33-3/h4-12H,13H2,1-3H3,(H,29,30). The molecule has 0 radical (unpaired) electrons. The Balaban J connectivity index is 1.71. The molecule has 0 aliphatic heterocycles. The van der Waals surface area contributed by atoms with E-state index in [-0.39, 0.29) is 32.5 Å². The molecule has 1 aromatic heterocycles. The van der Waals surface area contributed by atoms with E-state index in [0.717, 1.165) is 5.56 Å². The first-order valence-corrected chi connectivity index (χ1v) is 11.2. The van der Waals surface area contributed by atoms with Crippen LogP contribution in [0.2, 0.25) is 10.0 Å². The van der Waals surface area contributed by atoms with Crippen LogP contribution >= 0.6 is 23.2 Å². The van der Waals surface area contributed by atoms with Crippen LogP contribution in [0.5, 0.6) is 17.2 Å². The molecule has 0 saturated heterocycles. The van der Waals surface area contributed by atoms with E-state index in [2.05, 4.69) is 5.32 Å². The maximum absolute atomic E-state index is 13.4. The second-order valence-electron chi connectivity index (χ2n) is 7.62. The highest BCUT2D eigenvalue weighted by atomic mass is 35.5. The van der Waals surface area contributed by atoms with Gasteiger partial charge in [0.05, 0.1) is 30.3 Å². The van der Waals surface area contributed by atoms with Crippen molar-refractivity contribution in [2.24, 2.45) is 0 Å². The molecule has 4 aromatic rings. The highest BCUT2D eigenvalue weighted by Gasteiger charge is 2.21. The van der Waals surface area contributed by atoms with Gasteiger partial charge in [-0.3, -0.25) is 9.59 Å². The van der Waals surface area contributed by atoms with Gasteiger partial charge in [0.15, 0.2) is 18.0 Å². The molecule has 4 rings (SSSR count). The lowest BCUT2D eigenvalue weighted by Gasteiger charge is -2.14. The third-order valence-corrected chi connectivity index (χ3v) is 5.71. The van der Waals surface area contributed by atoms with Crippen molar-refractivity contribution in [3.63, 3.8) is 0 Å². The molecule has 0 aliphatic rings. The Kier molecular flexibility index (Phi) is 7.19. The van der Waals surface area contributed by atoms with Crippen molar-refractivity contribution in [2.75, 3.05) is 26.1 Å². The van der Waals surface area contributed by atoms with Gasteiger partial charge >= 0.3 is 0 Å². The second-order valence-corrected chi connectivity index (χ2v) is 8.47. The maximum atomic E-state index is 13.4. The topological polar surface area (TPSA) is 87.0 Å². The summed E-state index contributed by atoms with van der Waals surface area (Å²) in [6.45, 7) is 1.47. The predicted octanol–water partition coefficient (Wildman–Crippen LogP) is 6.11. The van der Waals surface area contributed by atoms with Gasteiger partial charge in [0.1, 0.15) is 11.5 Å². The normalized spacial score (nSPS) is 10.8. The molecule has 0 bridgehead atoms. The molecule has 7 nitrogen and oxygen atoms in total. The van der Waals surface area contributed by atoms with Gasteiger partial charge in [0.2, 0.25) is 11.2 Å². The number of ether oxygens (including phenoxy) is 3. The third-order valence-electron chi connectivity index (χ3n) is 5.21. The number of amides is 1. The first-order chi connectivity index (χ1) is 16.8. The maximum Gasteiger partial charge on any atom is 0.262 e. The van der Waals surface area contributed by atoms with E-state index in [9.17, 15) is 9.59 Å². The summed E-state index contributed by atoms with van der Waals surface area (Å²) in [4.78, 5) is 26.1. The molecule has 3 aromatic carbocycles. The Morgan fingerprint density at radius 2 is 1.74 bits per heavy atom. The molecule has 0 aliphatic carbocycles. The number of benzene rings is 3. The average Bonchev–Trinajstić information content (AvgIpc) is 2.84. The van der Waals surface area contributed by atoms with E-state index in [4.69, 9.17) is 41.8 Å². The van der Waals surface area contributed by atoms with Gasteiger partial charge in [-0.1, -0.05) is 53.0 Å². The Morgan fingerprint density at radius 3 is 2.43 bits per heavy atom. The molecule has 0 saturated carbocycles. The quantitative estimate of drug-likeness (QED) is 0.320. The first-order valence-electron chi connectivity index (χ1n) is 10.5. The molecule has 0 atom stereocenters. The van der Waals surface area contributed by atoms with E-state index in [0.29, 0.717) is 22.7 Å². The largest absolute Gasteiger partial charge is 0.497 e. The highest BCUT2D eigenvalue weighted by molar-refractivity contribution is 6.38. The smallest absolute Gasteiger partial charge is 0.262 e. The Labute approximate surface area is 211 Å². The molecule has 35 heavy (non-hydrogen) atoms. The molecule has 9 heteroatoms. The van der Waals surface area contributed by atoms with Gasteiger partial charge in [0, 0.05) is 16.7 Å². The Hall–Kier alpha value is -3.68. The third kappa shape index (κ3) is 5.21. The van der Waals surface area contributed by atoms with E-state index in [1.807, 2.05) is 19.1 Å². The van der Waals surface area contributed by atoms with Gasteiger partial charge in [-0.2, -0.15) is 0 Å². The van der Waals surface area contributed by atoms with Crippen LogP contribution < -0.4 is 25.0 Å². The van der Waals surface area contributed by atoms with Crippen molar-refractivity contribution in [1.29, 1.82) is 0 Å². The van der Waals surface area contributed by atoms with Gasteiger partial charge in [-0.05, 0) is 31.2 Å². The summed E-state index contributed by atoms with van der Waals surface area (Å²) in [5.74, 6) is 0.475. The summed E-state index contributed by atoms with van der Waals surface area (Å²) in [6.07, 6.45) is 0. The van der Waals surface area contributed by atoms with Crippen molar-refractivity contribution in [3.05, 3.63) is 80.4 Å². The molecule has 0 fully saturated rings. The Morgan fingerprint density at radius 1 is 1.00 bits per heavy atom. The number of fused-ring (bicyclic) bond motifs is 1. The predicted molar refractivity (Wildman–Crippen MR) is 136 cm³/mol. The number of methoxy groups -OCH3 is 2. The first kappa shape index (κ1) is 24.4. The van der Waals surface area contributed by atoms with E-state index in [1.165, 1.54) is 26.4 Å². The van der Waals surface area contributed by atoms with Crippen LogP contribution in [0, 0.1) is 6.92 Å². The molecule has 0 unspecified atom stereocenters. The zero-order valence-electron chi connectivity index (χ0n) is 19.1. The molecule has 0 spiro atoms. The van der Waals surface area contributed by atoms with Crippen molar-refractivity contribution in [1.82, 2.24) is 0 Å². The van der Waals surface area contributed by atoms with Gasteiger partial charge in [0.25, 0.3) is 5.91 Å². The van der Waals surface area contributed by atoms with Crippen LogP contribution in [-0.2, 0) is 4.79 Å². The minimum atomic E-state index is -0.518. The lowest BCUT2D eigenvalue weighted by molar-refractivity contribution is -0.118. The Bertz CT molecular complexity index is 1460. The second kappa shape index (κ2) is 10.3. The van der Waals surface area contributed by atoms with Gasteiger partial charge < -0.3 is 23.9 Å². The number of anilines is 1. The van der Waals surface area contributed by atoms with Crippen LogP contribution in [0.4, 0.5) is 5.69 Å².